The SMILES string of the molecule is Cn1nc(-c2cccc(Cl)c2)cc1Cc1cnccc1C(=O)O. The Morgan fingerprint density at radius 1 is 1.30 bits per heavy atom. The van der Waals surface area contributed by atoms with E-state index in [9.17, 15) is 9.90 Å². The summed E-state index contributed by atoms with van der Waals surface area (Å²) < 4.78 is 1.74. The zero-order valence-electron chi connectivity index (χ0n) is 12.4. The van der Waals surface area contributed by atoms with Gasteiger partial charge < -0.3 is 5.11 Å². The lowest BCUT2D eigenvalue weighted by atomic mass is 10.0. The van der Waals surface area contributed by atoms with Crippen molar-refractivity contribution < 1.29 is 9.90 Å². The Bertz CT molecular complexity index is 874. The number of aromatic nitrogens is 3. The molecular formula is C17H14ClN3O2. The molecule has 23 heavy (non-hydrogen) atoms. The Hall–Kier alpha value is -2.66. The van der Waals surface area contributed by atoms with Gasteiger partial charge in [0.15, 0.2) is 0 Å². The summed E-state index contributed by atoms with van der Waals surface area (Å²) in [4.78, 5) is 15.3. The van der Waals surface area contributed by atoms with Crippen molar-refractivity contribution in [3.8, 4) is 11.3 Å². The van der Waals surface area contributed by atoms with Gasteiger partial charge in [0.1, 0.15) is 0 Å². The number of carbonyl (C=O) groups is 1. The number of halogens is 1. The summed E-state index contributed by atoms with van der Waals surface area (Å²) in [5.74, 6) is -0.959. The van der Waals surface area contributed by atoms with E-state index in [1.54, 1.807) is 10.9 Å². The normalized spacial score (nSPS) is 10.7. The largest absolute Gasteiger partial charge is 0.478 e. The highest BCUT2D eigenvalue weighted by atomic mass is 35.5. The van der Waals surface area contributed by atoms with E-state index in [1.807, 2.05) is 37.4 Å². The summed E-state index contributed by atoms with van der Waals surface area (Å²) in [5, 5.41) is 14.4. The molecule has 2 aromatic heterocycles. The molecule has 3 rings (SSSR count). The first-order valence-corrected chi connectivity index (χ1v) is 7.37. The van der Waals surface area contributed by atoms with Crippen molar-refractivity contribution in [3.05, 3.63) is 70.6 Å². The molecule has 116 valence electrons. The fourth-order valence-corrected chi connectivity index (χ4v) is 2.62. The van der Waals surface area contributed by atoms with Crippen LogP contribution >= 0.6 is 11.6 Å². The summed E-state index contributed by atoms with van der Waals surface area (Å²) >= 11 is 6.02. The van der Waals surface area contributed by atoms with Crippen molar-refractivity contribution in [1.82, 2.24) is 14.8 Å². The van der Waals surface area contributed by atoms with Gasteiger partial charge in [0.25, 0.3) is 0 Å². The lowest BCUT2D eigenvalue weighted by Gasteiger charge is -2.05. The monoisotopic (exact) mass is 327 g/mol. The average Bonchev–Trinajstić information content (AvgIpc) is 2.89. The molecule has 0 saturated carbocycles. The Morgan fingerprint density at radius 3 is 2.87 bits per heavy atom. The summed E-state index contributed by atoms with van der Waals surface area (Å²) in [7, 11) is 1.83. The molecule has 0 amide bonds. The van der Waals surface area contributed by atoms with Crippen molar-refractivity contribution in [2.75, 3.05) is 0 Å². The Kier molecular flexibility index (Phi) is 4.12. The summed E-state index contributed by atoms with van der Waals surface area (Å²) in [5.41, 5.74) is 3.52. The van der Waals surface area contributed by atoms with Crippen LogP contribution in [0.2, 0.25) is 5.02 Å². The predicted octanol–water partition coefficient (Wildman–Crippen LogP) is 3.42. The number of rotatable bonds is 4. The van der Waals surface area contributed by atoms with Gasteiger partial charge in [-0.25, -0.2) is 4.79 Å². The minimum Gasteiger partial charge on any atom is -0.478 e. The highest BCUT2D eigenvalue weighted by Gasteiger charge is 2.13. The molecule has 0 fully saturated rings. The molecule has 0 atom stereocenters. The molecule has 1 aromatic carbocycles. The van der Waals surface area contributed by atoms with Gasteiger partial charge in [0.05, 0.1) is 11.3 Å². The summed E-state index contributed by atoms with van der Waals surface area (Å²) in [6.07, 6.45) is 3.50. The number of carboxylic acid groups (broad SMARTS) is 1. The zero-order chi connectivity index (χ0) is 16.4. The smallest absolute Gasteiger partial charge is 0.336 e. The molecule has 0 bridgehead atoms. The molecule has 0 radical (unpaired) electrons. The van der Waals surface area contributed by atoms with Crippen LogP contribution in [0.5, 0.6) is 0 Å². The van der Waals surface area contributed by atoms with Crippen LogP contribution in [0.4, 0.5) is 0 Å². The molecule has 0 spiro atoms. The van der Waals surface area contributed by atoms with Crippen LogP contribution < -0.4 is 0 Å². The number of pyridine rings is 1. The van der Waals surface area contributed by atoms with Crippen LogP contribution in [-0.2, 0) is 13.5 Å². The maximum Gasteiger partial charge on any atom is 0.336 e. The fourth-order valence-electron chi connectivity index (χ4n) is 2.43. The molecule has 0 saturated heterocycles. The van der Waals surface area contributed by atoms with Crippen LogP contribution in [0, 0.1) is 0 Å². The van der Waals surface area contributed by atoms with Gasteiger partial charge in [-0.05, 0) is 29.8 Å². The number of aromatic carboxylic acids is 1. The number of aryl methyl sites for hydroxylation is 1. The quantitative estimate of drug-likeness (QED) is 0.797. The molecule has 0 aliphatic heterocycles. The zero-order valence-corrected chi connectivity index (χ0v) is 13.2. The van der Waals surface area contributed by atoms with Crippen LogP contribution in [0.15, 0.2) is 48.8 Å². The van der Waals surface area contributed by atoms with E-state index in [2.05, 4.69) is 10.1 Å². The Balaban J connectivity index is 1.95. The predicted molar refractivity (Wildman–Crippen MR) is 87.7 cm³/mol. The number of hydrogen-bond donors (Lipinski definition) is 1. The third-order valence-corrected chi connectivity index (χ3v) is 3.84. The molecule has 2 heterocycles. The minimum absolute atomic E-state index is 0.255. The summed E-state index contributed by atoms with van der Waals surface area (Å²) in [6, 6.07) is 10.9. The van der Waals surface area contributed by atoms with Gasteiger partial charge in [0.2, 0.25) is 0 Å². The Labute approximate surface area is 138 Å². The van der Waals surface area contributed by atoms with E-state index in [-0.39, 0.29) is 5.56 Å². The molecule has 0 unspecified atom stereocenters. The highest BCUT2D eigenvalue weighted by molar-refractivity contribution is 6.30. The lowest BCUT2D eigenvalue weighted by Crippen LogP contribution is -2.06. The highest BCUT2D eigenvalue weighted by Crippen LogP contribution is 2.23. The van der Waals surface area contributed by atoms with E-state index in [4.69, 9.17) is 11.6 Å². The molecule has 0 aliphatic carbocycles. The Morgan fingerprint density at radius 2 is 2.13 bits per heavy atom. The van der Waals surface area contributed by atoms with Crippen LogP contribution in [0.25, 0.3) is 11.3 Å². The van der Waals surface area contributed by atoms with Crippen LogP contribution in [0.1, 0.15) is 21.6 Å². The van der Waals surface area contributed by atoms with E-state index in [0.717, 1.165) is 17.0 Å². The number of benzene rings is 1. The number of nitrogens with zero attached hydrogens (tertiary/aromatic N) is 3. The van der Waals surface area contributed by atoms with Gasteiger partial charge >= 0.3 is 5.97 Å². The number of carboxylic acids is 1. The van der Waals surface area contributed by atoms with Crippen molar-refractivity contribution in [3.63, 3.8) is 0 Å². The van der Waals surface area contributed by atoms with E-state index < -0.39 is 5.97 Å². The maximum atomic E-state index is 11.3. The maximum absolute atomic E-state index is 11.3. The topological polar surface area (TPSA) is 68.0 Å². The molecule has 5 nitrogen and oxygen atoms in total. The van der Waals surface area contributed by atoms with Crippen LogP contribution in [0.3, 0.4) is 0 Å². The second-order valence-corrected chi connectivity index (χ2v) is 5.61. The van der Waals surface area contributed by atoms with Gasteiger partial charge in [0, 0.05) is 42.1 Å². The van der Waals surface area contributed by atoms with Gasteiger partial charge in [-0.3, -0.25) is 9.67 Å². The van der Waals surface area contributed by atoms with Gasteiger partial charge in [-0.2, -0.15) is 5.10 Å². The standard InChI is InChI=1S/C17H14ClN3O2/c1-21-14(8-12-10-19-6-5-15(12)17(22)23)9-16(20-21)11-3-2-4-13(18)7-11/h2-7,9-10H,8H2,1H3,(H,22,23). The molecule has 0 aliphatic rings. The van der Waals surface area contributed by atoms with E-state index in [0.29, 0.717) is 17.0 Å². The van der Waals surface area contributed by atoms with Crippen molar-refractivity contribution in [2.45, 2.75) is 6.42 Å². The molecule has 3 aromatic rings. The first-order chi connectivity index (χ1) is 11.0. The van der Waals surface area contributed by atoms with E-state index in [1.165, 1.54) is 12.3 Å². The van der Waals surface area contributed by atoms with E-state index >= 15 is 0 Å². The van der Waals surface area contributed by atoms with Crippen molar-refractivity contribution in [1.29, 1.82) is 0 Å². The molecule has 6 heteroatoms. The fraction of sp³-hybridized carbons (Fsp3) is 0.118. The first-order valence-electron chi connectivity index (χ1n) is 6.99. The first kappa shape index (κ1) is 15.2. The molecule has 1 N–H and O–H groups in total. The third-order valence-electron chi connectivity index (χ3n) is 3.60. The van der Waals surface area contributed by atoms with Crippen molar-refractivity contribution >= 4 is 17.6 Å². The van der Waals surface area contributed by atoms with Gasteiger partial charge in [-0.1, -0.05) is 23.7 Å². The van der Waals surface area contributed by atoms with Crippen LogP contribution in [-0.4, -0.2) is 25.8 Å². The lowest BCUT2D eigenvalue weighted by molar-refractivity contribution is 0.0695. The molecular weight excluding hydrogens is 314 g/mol. The summed E-state index contributed by atoms with van der Waals surface area (Å²) in [6.45, 7) is 0. The second kappa shape index (κ2) is 6.22. The average molecular weight is 328 g/mol. The third kappa shape index (κ3) is 3.24. The minimum atomic E-state index is -0.959. The number of hydrogen-bond acceptors (Lipinski definition) is 3. The van der Waals surface area contributed by atoms with Crippen molar-refractivity contribution in [2.24, 2.45) is 7.05 Å². The van der Waals surface area contributed by atoms with Gasteiger partial charge in [-0.15, -0.1) is 0 Å². The second-order valence-electron chi connectivity index (χ2n) is 5.17.